The number of hydrogen-bond acceptors (Lipinski definition) is 5. The van der Waals surface area contributed by atoms with Crippen LogP contribution in [-0.2, 0) is 30.5 Å². The van der Waals surface area contributed by atoms with Crippen molar-refractivity contribution in [2.24, 2.45) is 10.7 Å². The fourth-order valence-corrected chi connectivity index (χ4v) is 4.21. The van der Waals surface area contributed by atoms with Gasteiger partial charge in [-0.2, -0.15) is 18.4 Å². The Kier molecular flexibility index (Phi) is 9.12. The van der Waals surface area contributed by atoms with Crippen molar-refractivity contribution >= 4 is 23.4 Å². The lowest BCUT2D eigenvalue weighted by Gasteiger charge is -2.13. The Morgan fingerprint density at radius 3 is 2.57 bits per heavy atom. The monoisotopic (exact) mass is 578 g/mol. The molecule has 4 rings (SSSR count). The summed E-state index contributed by atoms with van der Waals surface area (Å²) in [6.45, 7) is 0.715. The number of nitrogens with zero attached hydrogens (tertiary/aromatic N) is 4. The first-order chi connectivity index (χ1) is 20.1. The summed E-state index contributed by atoms with van der Waals surface area (Å²) in [6, 6.07) is 16.2. The van der Waals surface area contributed by atoms with E-state index in [1.54, 1.807) is 12.4 Å². The van der Waals surface area contributed by atoms with Crippen LogP contribution in [0.2, 0.25) is 0 Å². The largest absolute Gasteiger partial charge is 0.419 e. The number of nitrogens with two attached hydrogens (primary N) is 1. The molecular formula is C30H23F5N6O. The molecule has 0 bridgehead atoms. The number of amides is 1. The molecule has 42 heavy (non-hydrogen) atoms. The number of imidazole rings is 1. The fraction of sp³-hybridized carbons (Fsp3) is 0.133. The first-order valence-corrected chi connectivity index (χ1v) is 12.4. The van der Waals surface area contributed by atoms with Crippen LogP contribution in [0.4, 0.5) is 27.6 Å². The maximum absolute atomic E-state index is 15.2. The van der Waals surface area contributed by atoms with Gasteiger partial charge in [-0.15, -0.1) is 0 Å². The third-order valence-electron chi connectivity index (χ3n) is 6.16. The Hall–Kier alpha value is -5.31. The van der Waals surface area contributed by atoms with E-state index < -0.39 is 41.3 Å². The fourth-order valence-electron chi connectivity index (χ4n) is 4.21. The van der Waals surface area contributed by atoms with E-state index in [0.717, 1.165) is 30.0 Å². The molecule has 0 atom stereocenters. The van der Waals surface area contributed by atoms with Crippen molar-refractivity contribution in [3.63, 3.8) is 0 Å². The Labute approximate surface area is 237 Å². The molecule has 3 aromatic carbocycles. The summed E-state index contributed by atoms with van der Waals surface area (Å²) in [6.07, 6.45) is 0.136. The van der Waals surface area contributed by atoms with Crippen LogP contribution in [0.1, 0.15) is 33.6 Å². The number of aliphatic imine (C=N–C) groups is 1. The Morgan fingerprint density at radius 2 is 1.88 bits per heavy atom. The lowest BCUT2D eigenvalue weighted by atomic mass is 10.00. The second kappa shape index (κ2) is 12.9. The summed E-state index contributed by atoms with van der Waals surface area (Å²) in [5, 5.41) is 12.0. The van der Waals surface area contributed by atoms with Gasteiger partial charge in [0.2, 0.25) is 5.91 Å². The molecule has 0 saturated heterocycles. The van der Waals surface area contributed by atoms with Crippen LogP contribution in [0.25, 0.3) is 5.57 Å². The molecule has 0 saturated carbocycles. The predicted molar refractivity (Wildman–Crippen MR) is 147 cm³/mol. The van der Waals surface area contributed by atoms with Gasteiger partial charge in [-0.05, 0) is 29.3 Å². The predicted octanol–water partition coefficient (Wildman–Crippen LogP) is 5.85. The molecular weight excluding hydrogens is 555 g/mol. The highest BCUT2D eigenvalue weighted by atomic mass is 19.4. The maximum Gasteiger partial charge on any atom is 0.419 e. The number of benzene rings is 3. The maximum atomic E-state index is 15.2. The number of allylic oxidation sites excluding steroid dienone is 1. The van der Waals surface area contributed by atoms with Crippen LogP contribution in [-0.4, -0.2) is 21.7 Å². The van der Waals surface area contributed by atoms with E-state index in [-0.39, 0.29) is 28.9 Å². The number of carbonyl (C=O) groups excluding carboxylic acids is 1. The normalized spacial score (nSPS) is 12.0. The van der Waals surface area contributed by atoms with Crippen LogP contribution >= 0.6 is 0 Å². The zero-order valence-electron chi connectivity index (χ0n) is 21.9. The van der Waals surface area contributed by atoms with Crippen molar-refractivity contribution in [3.8, 4) is 6.07 Å². The molecule has 4 aromatic rings. The molecule has 1 heterocycles. The number of halogens is 5. The van der Waals surface area contributed by atoms with Gasteiger partial charge in [-0.1, -0.05) is 42.5 Å². The molecule has 7 nitrogen and oxygen atoms in total. The number of rotatable bonds is 9. The summed E-state index contributed by atoms with van der Waals surface area (Å²) < 4.78 is 70.4. The zero-order valence-corrected chi connectivity index (χ0v) is 21.9. The number of hydrogen-bond donors (Lipinski definition) is 2. The molecule has 12 heteroatoms. The third-order valence-corrected chi connectivity index (χ3v) is 6.16. The lowest BCUT2D eigenvalue weighted by Crippen LogP contribution is -2.17. The smallest absolute Gasteiger partial charge is 0.404 e. The van der Waals surface area contributed by atoms with Crippen LogP contribution in [0.3, 0.4) is 0 Å². The van der Waals surface area contributed by atoms with Gasteiger partial charge in [-0.3, -0.25) is 9.79 Å². The molecule has 0 unspecified atom stereocenters. The molecule has 0 aliphatic heterocycles. The van der Waals surface area contributed by atoms with Gasteiger partial charge in [0.15, 0.2) is 0 Å². The molecule has 214 valence electrons. The number of anilines is 1. The molecule has 0 spiro atoms. The van der Waals surface area contributed by atoms with E-state index in [1.807, 2.05) is 41.0 Å². The van der Waals surface area contributed by atoms with Crippen LogP contribution in [0, 0.1) is 23.0 Å². The minimum absolute atomic E-state index is 0.0918. The van der Waals surface area contributed by atoms with Gasteiger partial charge in [0.05, 0.1) is 30.2 Å². The van der Waals surface area contributed by atoms with E-state index in [2.05, 4.69) is 15.3 Å². The molecule has 0 fully saturated rings. The number of aromatic nitrogens is 2. The molecule has 1 amide bonds. The topological polar surface area (TPSA) is 109 Å². The first kappa shape index (κ1) is 29.7. The molecule has 1 aromatic heterocycles. The van der Waals surface area contributed by atoms with Gasteiger partial charge in [0, 0.05) is 48.2 Å². The number of nitriles is 1. The molecule has 3 N–H and O–H groups in total. The van der Waals surface area contributed by atoms with Gasteiger partial charge in [0.25, 0.3) is 0 Å². The van der Waals surface area contributed by atoms with E-state index in [4.69, 9.17) is 5.73 Å². The SMILES string of the molecule is N#Cc1cc(NC(=O)Cc2cccc(C(F)(F)F)c2F)cc(F)c1/C(C=NCc1nccn1Cc1ccccc1)=C/N. The summed E-state index contributed by atoms with van der Waals surface area (Å²) in [5.41, 5.74) is 4.37. The van der Waals surface area contributed by atoms with Gasteiger partial charge in [0.1, 0.15) is 17.5 Å². The highest BCUT2D eigenvalue weighted by molar-refractivity contribution is 6.11. The van der Waals surface area contributed by atoms with Crippen molar-refractivity contribution in [1.29, 1.82) is 5.26 Å². The minimum Gasteiger partial charge on any atom is -0.404 e. The quantitative estimate of drug-likeness (QED) is 0.192. The zero-order chi connectivity index (χ0) is 30.3. The summed E-state index contributed by atoms with van der Waals surface area (Å²) in [7, 11) is 0. The summed E-state index contributed by atoms with van der Waals surface area (Å²) in [5.74, 6) is -2.75. The van der Waals surface area contributed by atoms with Crippen molar-refractivity contribution < 1.29 is 26.7 Å². The average molecular weight is 579 g/mol. The van der Waals surface area contributed by atoms with E-state index in [0.29, 0.717) is 18.4 Å². The second-order valence-corrected chi connectivity index (χ2v) is 9.04. The van der Waals surface area contributed by atoms with E-state index in [1.165, 1.54) is 12.3 Å². The number of carbonyl (C=O) groups is 1. The van der Waals surface area contributed by atoms with Crippen LogP contribution in [0.15, 0.2) is 84.2 Å². The standard InChI is InChI=1S/C30H23F5N6O/c31-25-13-23(40-27(42)12-20-7-4-8-24(29(20)32)30(33,34)35)11-21(14-36)28(25)22(15-37)16-38-17-26-39-9-10-41(26)18-19-5-2-1-3-6-19/h1-11,13,15-16H,12,17-18,37H2,(H,40,42)/b22-15+,38-16?. The lowest BCUT2D eigenvalue weighted by molar-refractivity contribution is -0.140. The van der Waals surface area contributed by atoms with Crippen molar-refractivity contribution in [3.05, 3.63) is 125 Å². The average Bonchev–Trinajstić information content (AvgIpc) is 3.38. The van der Waals surface area contributed by atoms with Crippen molar-refractivity contribution in [2.45, 2.75) is 25.7 Å². The van der Waals surface area contributed by atoms with Crippen molar-refractivity contribution in [2.75, 3.05) is 5.32 Å². The summed E-state index contributed by atoms with van der Waals surface area (Å²) >= 11 is 0. The van der Waals surface area contributed by atoms with E-state index >= 15 is 4.39 Å². The third kappa shape index (κ3) is 7.06. The van der Waals surface area contributed by atoms with Crippen LogP contribution in [0.5, 0.6) is 0 Å². The van der Waals surface area contributed by atoms with E-state index in [9.17, 15) is 27.6 Å². The Bertz CT molecular complexity index is 1690. The van der Waals surface area contributed by atoms with Crippen LogP contribution < -0.4 is 11.1 Å². The highest BCUT2D eigenvalue weighted by Crippen LogP contribution is 2.32. The summed E-state index contributed by atoms with van der Waals surface area (Å²) in [4.78, 5) is 21.1. The minimum atomic E-state index is -4.93. The Balaban J connectivity index is 1.48. The van der Waals surface area contributed by atoms with Gasteiger partial charge >= 0.3 is 6.18 Å². The number of nitrogens with one attached hydrogen (secondary N) is 1. The number of alkyl halides is 3. The van der Waals surface area contributed by atoms with Gasteiger partial charge in [-0.25, -0.2) is 13.8 Å². The molecule has 0 aliphatic rings. The molecule has 0 aliphatic carbocycles. The molecule has 0 radical (unpaired) electrons. The Morgan fingerprint density at radius 1 is 1.12 bits per heavy atom. The highest BCUT2D eigenvalue weighted by Gasteiger charge is 2.35. The van der Waals surface area contributed by atoms with Gasteiger partial charge < -0.3 is 15.6 Å². The first-order valence-electron chi connectivity index (χ1n) is 12.4. The van der Waals surface area contributed by atoms with Crippen molar-refractivity contribution in [1.82, 2.24) is 9.55 Å². The second-order valence-electron chi connectivity index (χ2n) is 9.04.